The number of aliphatic hydroxyl groups excluding tert-OH is 1. The van der Waals surface area contributed by atoms with Crippen molar-refractivity contribution >= 4 is 16.9 Å². The summed E-state index contributed by atoms with van der Waals surface area (Å²) in [6, 6.07) is 7.95. The fourth-order valence-electron chi connectivity index (χ4n) is 4.07. The lowest BCUT2D eigenvalue weighted by atomic mass is 9.58. The molecule has 0 radical (unpaired) electrons. The van der Waals surface area contributed by atoms with Crippen molar-refractivity contribution in [1.82, 2.24) is 9.97 Å². The van der Waals surface area contributed by atoms with Gasteiger partial charge in [-0.05, 0) is 31.9 Å². The quantitative estimate of drug-likeness (QED) is 0.943. The van der Waals surface area contributed by atoms with Gasteiger partial charge in [0, 0.05) is 31.5 Å². The van der Waals surface area contributed by atoms with Crippen LogP contribution in [0.5, 0.6) is 0 Å². The second kappa shape index (κ2) is 5.73. The van der Waals surface area contributed by atoms with E-state index in [4.69, 9.17) is 9.72 Å². The molecule has 0 bridgehead atoms. The van der Waals surface area contributed by atoms with Gasteiger partial charge in [-0.1, -0.05) is 12.1 Å². The predicted molar refractivity (Wildman–Crippen MR) is 89.5 cm³/mol. The highest BCUT2D eigenvalue weighted by Crippen LogP contribution is 2.51. The number of piperidine rings is 1. The summed E-state index contributed by atoms with van der Waals surface area (Å²) in [4.78, 5) is 11.5. The van der Waals surface area contributed by atoms with Crippen molar-refractivity contribution in [2.45, 2.75) is 38.4 Å². The van der Waals surface area contributed by atoms with Crippen LogP contribution in [0.1, 0.15) is 26.2 Å². The van der Waals surface area contributed by atoms with Crippen LogP contribution in [0, 0.1) is 5.41 Å². The van der Waals surface area contributed by atoms with Gasteiger partial charge >= 0.3 is 0 Å². The molecule has 1 spiro atoms. The minimum Gasteiger partial charge on any atom is -0.392 e. The maximum absolute atomic E-state index is 10.3. The first-order valence-corrected chi connectivity index (χ1v) is 8.49. The minimum atomic E-state index is -0.219. The summed E-state index contributed by atoms with van der Waals surface area (Å²) >= 11 is 0. The Kier molecular flexibility index (Phi) is 3.70. The Bertz CT molecular complexity index is 695. The van der Waals surface area contributed by atoms with Gasteiger partial charge < -0.3 is 14.7 Å². The monoisotopic (exact) mass is 313 g/mol. The number of hydrogen-bond donors (Lipinski definition) is 1. The van der Waals surface area contributed by atoms with Gasteiger partial charge in [-0.2, -0.15) is 0 Å². The molecule has 1 aromatic carbocycles. The molecule has 4 rings (SSSR count). The molecule has 5 nitrogen and oxygen atoms in total. The van der Waals surface area contributed by atoms with Crippen molar-refractivity contribution in [3.05, 3.63) is 30.5 Å². The Morgan fingerprint density at radius 2 is 2.00 bits per heavy atom. The number of aromatic nitrogens is 2. The van der Waals surface area contributed by atoms with Crippen molar-refractivity contribution in [3.63, 3.8) is 0 Å². The lowest BCUT2D eigenvalue weighted by molar-refractivity contribution is -0.199. The highest BCUT2D eigenvalue weighted by atomic mass is 16.5. The van der Waals surface area contributed by atoms with E-state index in [1.54, 1.807) is 0 Å². The molecule has 5 heteroatoms. The van der Waals surface area contributed by atoms with Gasteiger partial charge in [-0.3, -0.25) is 4.98 Å². The molecule has 2 aliphatic rings. The lowest BCUT2D eigenvalue weighted by Gasteiger charge is -2.56. The van der Waals surface area contributed by atoms with E-state index in [1.165, 1.54) is 0 Å². The van der Waals surface area contributed by atoms with Gasteiger partial charge in [0.2, 0.25) is 0 Å². The van der Waals surface area contributed by atoms with Crippen LogP contribution < -0.4 is 4.90 Å². The normalized spacial score (nSPS) is 26.4. The first-order chi connectivity index (χ1) is 11.2. The van der Waals surface area contributed by atoms with Gasteiger partial charge in [-0.15, -0.1) is 0 Å². The summed E-state index contributed by atoms with van der Waals surface area (Å²) in [5, 5.41) is 10.3. The summed E-state index contributed by atoms with van der Waals surface area (Å²) in [7, 11) is 0. The number of aliphatic hydroxyl groups is 1. The SMILES string of the molecule is CCO[C@H]1C[C@H](O)C12CCN(c1cnc3ccccc3n1)CC2. The van der Waals surface area contributed by atoms with E-state index in [2.05, 4.69) is 9.88 Å². The van der Waals surface area contributed by atoms with Crippen molar-refractivity contribution in [2.24, 2.45) is 5.41 Å². The van der Waals surface area contributed by atoms with Crippen LogP contribution in [0.25, 0.3) is 11.0 Å². The van der Waals surface area contributed by atoms with E-state index in [1.807, 2.05) is 37.4 Å². The zero-order valence-corrected chi connectivity index (χ0v) is 13.5. The summed E-state index contributed by atoms with van der Waals surface area (Å²) in [6.07, 6.45) is 4.54. The molecular formula is C18H23N3O2. The van der Waals surface area contributed by atoms with Crippen molar-refractivity contribution in [2.75, 3.05) is 24.6 Å². The Balaban J connectivity index is 1.50. The van der Waals surface area contributed by atoms with Crippen LogP contribution in [0.15, 0.2) is 30.5 Å². The van der Waals surface area contributed by atoms with Gasteiger partial charge in [0.05, 0.1) is 29.4 Å². The Hall–Kier alpha value is -1.72. The Labute approximate surface area is 136 Å². The zero-order valence-electron chi connectivity index (χ0n) is 13.5. The maximum atomic E-state index is 10.3. The van der Waals surface area contributed by atoms with Crippen molar-refractivity contribution in [3.8, 4) is 0 Å². The van der Waals surface area contributed by atoms with Crippen LogP contribution in [-0.4, -0.2) is 47.0 Å². The first kappa shape index (κ1) is 14.8. The highest BCUT2D eigenvalue weighted by molar-refractivity contribution is 5.75. The number of para-hydroxylation sites is 2. The van der Waals surface area contributed by atoms with Gasteiger partial charge in [0.1, 0.15) is 5.82 Å². The van der Waals surface area contributed by atoms with Crippen molar-refractivity contribution in [1.29, 1.82) is 0 Å². The Morgan fingerprint density at radius 1 is 1.26 bits per heavy atom. The molecule has 2 aromatic rings. The zero-order chi connectivity index (χ0) is 15.9. The summed E-state index contributed by atoms with van der Waals surface area (Å²) in [5.41, 5.74) is 1.81. The van der Waals surface area contributed by atoms with Crippen LogP contribution in [0.3, 0.4) is 0 Å². The van der Waals surface area contributed by atoms with E-state index in [0.29, 0.717) is 0 Å². The number of ether oxygens (including phenoxy) is 1. The molecule has 1 N–H and O–H groups in total. The van der Waals surface area contributed by atoms with Crippen LogP contribution in [0.4, 0.5) is 5.82 Å². The van der Waals surface area contributed by atoms with Crippen LogP contribution in [-0.2, 0) is 4.74 Å². The molecule has 2 heterocycles. The van der Waals surface area contributed by atoms with Crippen LogP contribution >= 0.6 is 0 Å². The van der Waals surface area contributed by atoms with Gasteiger partial charge in [-0.25, -0.2) is 4.98 Å². The molecule has 0 unspecified atom stereocenters. The largest absolute Gasteiger partial charge is 0.392 e. The molecular weight excluding hydrogens is 290 g/mol. The number of fused-ring (bicyclic) bond motifs is 1. The second-order valence-electron chi connectivity index (χ2n) is 6.63. The summed E-state index contributed by atoms with van der Waals surface area (Å²) in [6.45, 7) is 4.54. The maximum Gasteiger partial charge on any atom is 0.147 e. The predicted octanol–water partition coefficient (Wildman–Crippen LogP) is 2.39. The fraction of sp³-hybridized carbons (Fsp3) is 0.556. The smallest absolute Gasteiger partial charge is 0.147 e. The molecule has 2 fully saturated rings. The fourth-order valence-corrected chi connectivity index (χ4v) is 4.07. The number of benzene rings is 1. The summed E-state index contributed by atoms with van der Waals surface area (Å²) < 4.78 is 5.83. The van der Waals surface area contributed by atoms with Crippen molar-refractivity contribution < 1.29 is 9.84 Å². The number of nitrogens with zero attached hydrogens (tertiary/aromatic N) is 3. The molecule has 1 aromatic heterocycles. The van der Waals surface area contributed by atoms with E-state index in [0.717, 1.165) is 55.8 Å². The highest BCUT2D eigenvalue weighted by Gasteiger charge is 2.56. The molecule has 1 aliphatic heterocycles. The first-order valence-electron chi connectivity index (χ1n) is 8.49. The van der Waals surface area contributed by atoms with E-state index in [-0.39, 0.29) is 17.6 Å². The minimum absolute atomic E-state index is 0.0449. The molecule has 23 heavy (non-hydrogen) atoms. The van der Waals surface area contributed by atoms with E-state index in [9.17, 15) is 5.11 Å². The summed E-state index contributed by atoms with van der Waals surface area (Å²) in [5.74, 6) is 0.931. The standard InChI is InChI=1S/C18H23N3O2/c1-2-23-16-11-15(22)18(16)7-9-21(10-8-18)17-12-19-13-5-3-4-6-14(13)20-17/h3-6,12,15-16,22H,2,7-11H2,1H3/t15-,16-/m0/s1. The number of rotatable bonds is 3. The lowest BCUT2D eigenvalue weighted by Crippen LogP contribution is -2.62. The topological polar surface area (TPSA) is 58.5 Å². The second-order valence-corrected chi connectivity index (χ2v) is 6.63. The average Bonchev–Trinajstić information content (AvgIpc) is 2.61. The Morgan fingerprint density at radius 3 is 2.70 bits per heavy atom. The van der Waals surface area contributed by atoms with Crippen LogP contribution in [0.2, 0.25) is 0 Å². The van der Waals surface area contributed by atoms with Gasteiger partial charge in [0.25, 0.3) is 0 Å². The van der Waals surface area contributed by atoms with E-state index >= 15 is 0 Å². The third-order valence-corrected chi connectivity index (χ3v) is 5.56. The molecule has 0 amide bonds. The molecule has 1 saturated carbocycles. The number of anilines is 1. The molecule has 122 valence electrons. The number of hydrogen-bond acceptors (Lipinski definition) is 5. The molecule has 1 aliphatic carbocycles. The van der Waals surface area contributed by atoms with Gasteiger partial charge in [0.15, 0.2) is 0 Å². The molecule has 1 saturated heterocycles. The third-order valence-electron chi connectivity index (χ3n) is 5.56. The third kappa shape index (κ3) is 2.39. The van der Waals surface area contributed by atoms with E-state index < -0.39 is 0 Å². The molecule has 2 atom stereocenters. The average molecular weight is 313 g/mol.